The third-order valence-electron chi connectivity index (χ3n) is 2.53. The van der Waals surface area contributed by atoms with Crippen LogP contribution in [0.2, 0.25) is 0 Å². The van der Waals surface area contributed by atoms with Crippen LogP contribution in [0.15, 0.2) is 36.2 Å². The van der Waals surface area contributed by atoms with Crippen molar-refractivity contribution < 1.29 is 4.74 Å². The number of methoxy groups -OCH3 is 1. The second-order valence-electron chi connectivity index (χ2n) is 4.11. The third-order valence-corrected chi connectivity index (χ3v) is 2.53. The monoisotopic (exact) mass is 234 g/mol. The number of nitrogens with one attached hydrogen (secondary N) is 1. The van der Waals surface area contributed by atoms with Crippen LogP contribution in [-0.4, -0.2) is 31.8 Å². The highest BCUT2D eigenvalue weighted by Crippen LogP contribution is 2.06. The Hall–Kier alpha value is -1.19. The average molecular weight is 234 g/mol. The van der Waals surface area contributed by atoms with Gasteiger partial charge in [-0.25, -0.2) is 0 Å². The summed E-state index contributed by atoms with van der Waals surface area (Å²) in [6.45, 7) is 4.89. The lowest BCUT2D eigenvalue weighted by atomic mass is 10.1. The van der Waals surface area contributed by atoms with E-state index < -0.39 is 0 Å². The van der Waals surface area contributed by atoms with E-state index >= 15 is 0 Å². The van der Waals surface area contributed by atoms with E-state index in [1.54, 1.807) is 7.11 Å². The number of allylic oxidation sites excluding steroid dienone is 1. The van der Waals surface area contributed by atoms with Gasteiger partial charge in [0.05, 0.1) is 6.61 Å². The van der Waals surface area contributed by atoms with Crippen molar-refractivity contribution in [1.82, 2.24) is 10.3 Å². The fourth-order valence-electron chi connectivity index (χ4n) is 1.61. The van der Waals surface area contributed by atoms with Gasteiger partial charge in [0.25, 0.3) is 0 Å². The molecule has 0 bridgehead atoms. The summed E-state index contributed by atoms with van der Waals surface area (Å²) in [7, 11) is 1.72. The Morgan fingerprint density at radius 2 is 2.12 bits per heavy atom. The van der Waals surface area contributed by atoms with Crippen LogP contribution in [0, 0.1) is 0 Å². The number of ether oxygens (including phenoxy) is 1. The zero-order valence-corrected chi connectivity index (χ0v) is 10.8. The molecular formula is C14H22N2O. The summed E-state index contributed by atoms with van der Waals surface area (Å²) in [6, 6.07) is 4.13. The largest absolute Gasteiger partial charge is 0.383 e. The van der Waals surface area contributed by atoms with E-state index in [1.165, 1.54) is 11.1 Å². The Morgan fingerprint density at radius 1 is 1.35 bits per heavy atom. The Labute approximate surface area is 104 Å². The molecule has 0 unspecified atom stereocenters. The minimum absolute atomic E-state index is 0.777. The average Bonchev–Trinajstić information content (AvgIpc) is 2.35. The molecule has 1 aromatic rings. The molecule has 1 heterocycles. The Balaban J connectivity index is 2.17. The summed E-state index contributed by atoms with van der Waals surface area (Å²) in [5.41, 5.74) is 2.73. The van der Waals surface area contributed by atoms with Crippen molar-refractivity contribution in [2.45, 2.75) is 19.8 Å². The zero-order chi connectivity index (χ0) is 12.3. The van der Waals surface area contributed by atoms with E-state index in [4.69, 9.17) is 4.74 Å². The van der Waals surface area contributed by atoms with Crippen molar-refractivity contribution in [2.24, 2.45) is 0 Å². The number of aromatic nitrogens is 1. The summed E-state index contributed by atoms with van der Waals surface area (Å²) in [6.07, 6.45) is 8.06. The van der Waals surface area contributed by atoms with Crippen LogP contribution in [0.25, 0.3) is 0 Å². The SMILES string of the molecule is COCCNCCC=C(C)Cc1ccncc1. The lowest BCUT2D eigenvalue weighted by molar-refractivity contribution is 0.199. The summed E-state index contributed by atoms with van der Waals surface area (Å²) in [5.74, 6) is 0. The van der Waals surface area contributed by atoms with Crippen LogP contribution in [0.4, 0.5) is 0 Å². The van der Waals surface area contributed by atoms with Crippen LogP contribution in [0.3, 0.4) is 0 Å². The van der Waals surface area contributed by atoms with E-state index in [9.17, 15) is 0 Å². The summed E-state index contributed by atoms with van der Waals surface area (Å²) in [4.78, 5) is 4.02. The number of nitrogens with zero attached hydrogens (tertiary/aromatic N) is 1. The molecule has 0 amide bonds. The highest BCUT2D eigenvalue weighted by atomic mass is 16.5. The smallest absolute Gasteiger partial charge is 0.0587 e. The molecule has 0 atom stereocenters. The maximum atomic E-state index is 4.96. The molecule has 0 saturated heterocycles. The molecule has 0 aliphatic carbocycles. The molecule has 1 N–H and O–H groups in total. The number of pyridine rings is 1. The van der Waals surface area contributed by atoms with Gasteiger partial charge in [-0.05, 0) is 44.0 Å². The van der Waals surface area contributed by atoms with E-state index in [2.05, 4.69) is 35.4 Å². The first-order valence-electron chi connectivity index (χ1n) is 6.07. The molecular weight excluding hydrogens is 212 g/mol. The maximum Gasteiger partial charge on any atom is 0.0587 e. The van der Waals surface area contributed by atoms with E-state index in [0.29, 0.717) is 0 Å². The first kappa shape index (κ1) is 13.9. The van der Waals surface area contributed by atoms with Gasteiger partial charge in [0.1, 0.15) is 0 Å². The molecule has 17 heavy (non-hydrogen) atoms. The lowest BCUT2D eigenvalue weighted by Crippen LogP contribution is -2.19. The van der Waals surface area contributed by atoms with Crippen LogP contribution in [0.5, 0.6) is 0 Å². The highest BCUT2D eigenvalue weighted by Gasteiger charge is 1.93. The third kappa shape index (κ3) is 6.87. The first-order valence-corrected chi connectivity index (χ1v) is 6.07. The number of hydrogen-bond acceptors (Lipinski definition) is 3. The fourth-order valence-corrected chi connectivity index (χ4v) is 1.61. The molecule has 0 aliphatic rings. The molecule has 0 aromatic carbocycles. The highest BCUT2D eigenvalue weighted by molar-refractivity contribution is 5.17. The molecule has 0 radical (unpaired) electrons. The fraction of sp³-hybridized carbons (Fsp3) is 0.500. The van der Waals surface area contributed by atoms with E-state index in [0.717, 1.165) is 32.5 Å². The predicted molar refractivity (Wildman–Crippen MR) is 71.1 cm³/mol. The molecule has 3 nitrogen and oxygen atoms in total. The van der Waals surface area contributed by atoms with Gasteiger partial charge in [0.15, 0.2) is 0 Å². The second kappa shape index (κ2) is 8.90. The standard InChI is InChI=1S/C14H22N2O/c1-13(4-3-7-15-10-11-17-2)12-14-5-8-16-9-6-14/h4-6,8-9,15H,3,7,10-12H2,1-2H3. The summed E-state index contributed by atoms with van der Waals surface area (Å²) < 4.78 is 4.96. The summed E-state index contributed by atoms with van der Waals surface area (Å²) in [5, 5.41) is 3.33. The Morgan fingerprint density at radius 3 is 2.82 bits per heavy atom. The van der Waals surface area contributed by atoms with Gasteiger partial charge in [-0.2, -0.15) is 0 Å². The van der Waals surface area contributed by atoms with Gasteiger partial charge in [-0.1, -0.05) is 11.6 Å². The van der Waals surface area contributed by atoms with E-state index in [1.807, 2.05) is 12.4 Å². The van der Waals surface area contributed by atoms with Crippen LogP contribution < -0.4 is 5.32 Å². The molecule has 3 heteroatoms. The summed E-state index contributed by atoms with van der Waals surface area (Å²) >= 11 is 0. The second-order valence-corrected chi connectivity index (χ2v) is 4.11. The first-order chi connectivity index (χ1) is 8.33. The van der Waals surface area contributed by atoms with Crippen molar-refractivity contribution in [3.63, 3.8) is 0 Å². The van der Waals surface area contributed by atoms with Crippen LogP contribution in [-0.2, 0) is 11.2 Å². The molecule has 0 spiro atoms. The number of rotatable bonds is 8. The predicted octanol–water partition coefficient (Wildman–Crippen LogP) is 2.20. The topological polar surface area (TPSA) is 34.1 Å². The van der Waals surface area contributed by atoms with Crippen LogP contribution >= 0.6 is 0 Å². The normalized spacial score (nSPS) is 11.8. The van der Waals surface area contributed by atoms with Gasteiger partial charge >= 0.3 is 0 Å². The number of hydrogen-bond donors (Lipinski definition) is 1. The molecule has 1 aromatic heterocycles. The Kier molecular flexibility index (Phi) is 7.27. The Bertz CT molecular complexity index is 322. The molecule has 94 valence electrons. The molecule has 0 aliphatic heterocycles. The lowest BCUT2D eigenvalue weighted by Gasteiger charge is -2.03. The molecule has 0 saturated carbocycles. The van der Waals surface area contributed by atoms with Crippen molar-refractivity contribution in [3.8, 4) is 0 Å². The minimum atomic E-state index is 0.777. The van der Waals surface area contributed by atoms with Crippen molar-refractivity contribution >= 4 is 0 Å². The van der Waals surface area contributed by atoms with Crippen LogP contribution in [0.1, 0.15) is 18.9 Å². The maximum absolute atomic E-state index is 4.96. The quantitative estimate of drug-likeness (QED) is 0.553. The van der Waals surface area contributed by atoms with Crippen molar-refractivity contribution in [1.29, 1.82) is 0 Å². The molecule has 1 rings (SSSR count). The van der Waals surface area contributed by atoms with Gasteiger partial charge in [0, 0.05) is 26.0 Å². The van der Waals surface area contributed by atoms with E-state index in [-0.39, 0.29) is 0 Å². The van der Waals surface area contributed by atoms with Gasteiger partial charge in [0.2, 0.25) is 0 Å². The van der Waals surface area contributed by atoms with Crippen molar-refractivity contribution in [2.75, 3.05) is 26.8 Å². The molecule has 0 fully saturated rings. The van der Waals surface area contributed by atoms with Gasteiger partial charge in [-0.3, -0.25) is 4.98 Å². The minimum Gasteiger partial charge on any atom is -0.383 e. The zero-order valence-electron chi connectivity index (χ0n) is 10.8. The van der Waals surface area contributed by atoms with Gasteiger partial charge < -0.3 is 10.1 Å². The van der Waals surface area contributed by atoms with Crippen molar-refractivity contribution in [3.05, 3.63) is 41.7 Å². The van der Waals surface area contributed by atoms with Gasteiger partial charge in [-0.15, -0.1) is 0 Å².